The molecule has 0 N–H and O–H groups in total. The second-order valence-corrected chi connectivity index (χ2v) is 6.98. The first-order valence-corrected chi connectivity index (χ1v) is 7.83. The van der Waals surface area contributed by atoms with Crippen molar-refractivity contribution in [2.24, 2.45) is 0 Å². The van der Waals surface area contributed by atoms with Crippen LogP contribution in [0.5, 0.6) is 5.75 Å². The molecule has 3 rings (SSSR count). The van der Waals surface area contributed by atoms with Crippen LogP contribution in [0.1, 0.15) is 53.0 Å². The molecule has 2 heterocycles. The maximum Gasteiger partial charge on any atom is 0.514 e. The van der Waals surface area contributed by atoms with E-state index in [1.165, 1.54) is 0 Å². The summed E-state index contributed by atoms with van der Waals surface area (Å²) in [7, 11) is -0.428. The molecule has 0 bridgehead atoms. The van der Waals surface area contributed by atoms with Crippen molar-refractivity contribution < 1.29 is 14.0 Å². The summed E-state index contributed by atoms with van der Waals surface area (Å²) in [5, 5.41) is 0. The van der Waals surface area contributed by atoms with Gasteiger partial charge >= 0.3 is 7.12 Å². The Morgan fingerprint density at radius 1 is 1.24 bits per heavy atom. The molecular weight excluding hydrogens is 265 g/mol. The van der Waals surface area contributed by atoms with Gasteiger partial charge in [-0.25, -0.2) is 0 Å². The van der Waals surface area contributed by atoms with E-state index >= 15 is 0 Å². The zero-order chi connectivity index (χ0) is 15.3. The predicted octanol–water partition coefficient (Wildman–Crippen LogP) is 2.48. The van der Waals surface area contributed by atoms with Gasteiger partial charge in [-0.05, 0) is 53.0 Å². The lowest BCUT2D eigenvalue weighted by molar-refractivity contribution is 0.00578. The van der Waals surface area contributed by atoms with Crippen molar-refractivity contribution in [2.75, 3.05) is 0 Å². The zero-order valence-corrected chi connectivity index (χ0v) is 13.6. The largest absolute Gasteiger partial charge is 0.514 e. The quantitative estimate of drug-likeness (QED) is 0.798. The van der Waals surface area contributed by atoms with Crippen molar-refractivity contribution >= 4 is 12.7 Å². The standard InChI is InChI=1S/C16H24BNO3/c1-6-11-10-18-14(9-13(11)19-12-7-8-12)17-20-15(2,3)16(4,5)21-17/h9-10,12H,6-8H2,1-5H3. The third-order valence-electron chi connectivity index (χ3n) is 4.66. The first-order chi connectivity index (χ1) is 9.82. The molecule has 1 aliphatic carbocycles. The molecule has 1 aromatic rings. The predicted molar refractivity (Wildman–Crippen MR) is 83.0 cm³/mol. The van der Waals surface area contributed by atoms with Gasteiger partial charge in [0, 0.05) is 11.8 Å². The lowest BCUT2D eigenvalue weighted by Crippen LogP contribution is -2.41. The van der Waals surface area contributed by atoms with Gasteiger partial charge in [-0.2, -0.15) is 0 Å². The summed E-state index contributed by atoms with van der Waals surface area (Å²) >= 11 is 0. The van der Waals surface area contributed by atoms with Crippen LogP contribution < -0.4 is 10.3 Å². The van der Waals surface area contributed by atoms with Crippen LogP contribution >= 0.6 is 0 Å². The second kappa shape index (κ2) is 4.99. The highest BCUT2D eigenvalue weighted by Gasteiger charge is 2.52. The molecule has 0 atom stereocenters. The Morgan fingerprint density at radius 2 is 1.86 bits per heavy atom. The topological polar surface area (TPSA) is 40.6 Å². The average Bonchev–Trinajstić information content (AvgIpc) is 3.17. The first kappa shape index (κ1) is 14.9. The number of aromatic nitrogens is 1. The van der Waals surface area contributed by atoms with E-state index in [1.807, 2.05) is 12.3 Å². The molecule has 0 unspecified atom stereocenters. The number of rotatable bonds is 4. The number of nitrogens with zero attached hydrogens (tertiary/aromatic N) is 1. The van der Waals surface area contributed by atoms with Gasteiger partial charge in [-0.1, -0.05) is 6.92 Å². The van der Waals surface area contributed by atoms with Crippen LogP contribution in [0.15, 0.2) is 12.3 Å². The van der Waals surface area contributed by atoms with E-state index in [0.717, 1.165) is 36.2 Å². The van der Waals surface area contributed by atoms with Gasteiger partial charge in [0.2, 0.25) is 0 Å². The minimum atomic E-state index is -0.428. The van der Waals surface area contributed by atoms with Crippen LogP contribution in [0.2, 0.25) is 0 Å². The number of aryl methyl sites for hydroxylation is 1. The molecule has 2 fully saturated rings. The van der Waals surface area contributed by atoms with E-state index in [1.54, 1.807) is 0 Å². The number of pyridine rings is 1. The third-order valence-corrected chi connectivity index (χ3v) is 4.66. The van der Waals surface area contributed by atoms with E-state index in [-0.39, 0.29) is 11.2 Å². The molecule has 0 spiro atoms. The van der Waals surface area contributed by atoms with Crippen LogP contribution in [-0.2, 0) is 15.7 Å². The summed E-state index contributed by atoms with van der Waals surface area (Å²) in [4.78, 5) is 4.52. The summed E-state index contributed by atoms with van der Waals surface area (Å²) in [5.41, 5.74) is 1.24. The summed E-state index contributed by atoms with van der Waals surface area (Å²) < 4.78 is 18.1. The van der Waals surface area contributed by atoms with Gasteiger partial charge in [-0.15, -0.1) is 0 Å². The fourth-order valence-corrected chi connectivity index (χ4v) is 2.31. The Hall–Kier alpha value is -1.07. The number of hydrogen-bond acceptors (Lipinski definition) is 4. The number of ether oxygens (including phenoxy) is 1. The molecule has 1 saturated carbocycles. The molecule has 0 radical (unpaired) electrons. The van der Waals surface area contributed by atoms with Gasteiger partial charge in [0.15, 0.2) is 0 Å². The molecule has 0 aromatic carbocycles. The van der Waals surface area contributed by atoms with E-state index in [4.69, 9.17) is 14.0 Å². The fourth-order valence-electron chi connectivity index (χ4n) is 2.31. The summed E-state index contributed by atoms with van der Waals surface area (Å²) in [6, 6.07) is 1.99. The molecule has 114 valence electrons. The van der Waals surface area contributed by atoms with Crippen LogP contribution in [0.3, 0.4) is 0 Å². The molecular formula is C16H24BNO3. The van der Waals surface area contributed by atoms with Crippen molar-refractivity contribution in [1.29, 1.82) is 0 Å². The molecule has 21 heavy (non-hydrogen) atoms. The minimum Gasteiger partial charge on any atom is -0.490 e. The van der Waals surface area contributed by atoms with Gasteiger partial charge in [0.25, 0.3) is 0 Å². The van der Waals surface area contributed by atoms with E-state index < -0.39 is 7.12 Å². The molecule has 1 aliphatic heterocycles. The smallest absolute Gasteiger partial charge is 0.490 e. The van der Waals surface area contributed by atoms with Gasteiger partial charge in [0.05, 0.1) is 22.9 Å². The third kappa shape index (κ3) is 2.81. The Labute approximate surface area is 127 Å². The molecule has 1 saturated heterocycles. The molecule has 0 amide bonds. The zero-order valence-electron chi connectivity index (χ0n) is 13.6. The van der Waals surface area contributed by atoms with Gasteiger partial charge < -0.3 is 14.0 Å². The highest BCUT2D eigenvalue weighted by Crippen LogP contribution is 2.36. The van der Waals surface area contributed by atoms with Gasteiger partial charge in [-0.3, -0.25) is 4.98 Å². The van der Waals surface area contributed by atoms with Crippen molar-refractivity contribution in [1.82, 2.24) is 4.98 Å². The molecule has 2 aliphatic rings. The summed E-state index contributed by atoms with van der Waals surface area (Å²) in [6.45, 7) is 10.3. The molecule has 5 heteroatoms. The lowest BCUT2D eigenvalue weighted by atomic mass is 9.83. The van der Waals surface area contributed by atoms with Crippen molar-refractivity contribution in [3.05, 3.63) is 17.8 Å². The minimum absolute atomic E-state index is 0.347. The highest BCUT2D eigenvalue weighted by molar-refractivity contribution is 6.61. The van der Waals surface area contributed by atoms with Crippen molar-refractivity contribution in [3.8, 4) is 5.75 Å². The number of hydrogen-bond donors (Lipinski definition) is 0. The first-order valence-electron chi connectivity index (χ1n) is 7.83. The molecule has 4 nitrogen and oxygen atoms in total. The monoisotopic (exact) mass is 289 g/mol. The lowest BCUT2D eigenvalue weighted by Gasteiger charge is -2.32. The van der Waals surface area contributed by atoms with Crippen molar-refractivity contribution in [2.45, 2.75) is 71.2 Å². The maximum absolute atomic E-state index is 6.06. The highest BCUT2D eigenvalue weighted by atomic mass is 16.7. The molecule has 1 aromatic heterocycles. The van der Waals surface area contributed by atoms with Crippen LogP contribution in [-0.4, -0.2) is 29.4 Å². The average molecular weight is 289 g/mol. The van der Waals surface area contributed by atoms with Crippen LogP contribution in [0, 0.1) is 0 Å². The van der Waals surface area contributed by atoms with Crippen LogP contribution in [0.4, 0.5) is 0 Å². The summed E-state index contributed by atoms with van der Waals surface area (Å²) in [5.74, 6) is 0.930. The summed E-state index contributed by atoms with van der Waals surface area (Å²) in [6.07, 6.45) is 5.48. The maximum atomic E-state index is 6.06. The van der Waals surface area contributed by atoms with Crippen molar-refractivity contribution in [3.63, 3.8) is 0 Å². The Bertz CT molecular complexity index is 524. The Kier molecular flexibility index (Phi) is 3.53. The van der Waals surface area contributed by atoms with E-state index in [9.17, 15) is 0 Å². The van der Waals surface area contributed by atoms with E-state index in [2.05, 4.69) is 39.6 Å². The SMILES string of the molecule is CCc1cnc(B2OC(C)(C)C(C)(C)O2)cc1OC1CC1. The normalized spacial score (nSPS) is 23.4. The Balaban J connectivity index is 1.86. The second-order valence-electron chi connectivity index (χ2n) is 6.98. The van der Waals surface area contributed by atoms with Crippen LogP contribution in [0.25, 0.3) is 0 Å². The Morgan fingerprint density at radius 3 is 2.38 bits per heavy atom. The van der Waals surface area contributed by atoms with E-state index in [0.29, 0.717) is 6.10 Å². The van der Waals surface area contributed by atoms with Gasteiger partial charge in [0.1, 0.15) is 5.75 Å². The fraction of sp³-hybridized carbons (Fsp3) is 0.688.